The van der Waals surface area contributed by atoms with E-state index in [4.69, 9.17) is 4.74 Å². The predicted molar refractivity (Wildman–Crippen MR) is 119 cm³/mol. The minimum Gasteiger partial charge on any atom is -0.457 e. The molecule has 0 amide bonds. The van der Waals surface area contributed by atoms with Crippen LogP contribution in [-0.4, -0.2) is 12.1 Å². The molecule has 0 saturated carbocycles. The van der Waals surface area contributed by atoms with Crippen LogP contribution in [0.15, 0.2) is 72.8 Å². The molecule has 1 aliphatic rings. The van der Waals surface area contributed by atoms with Gasteiger partial charge in [-0.25, -0.2) is 4.39 Å². The van der Waals surface area contributed by atoms with E-state index in [-0.39, 0.29) is 18.2 Å². The number of hydrogen-bond acceptors (Lipinski definition) is 2. The van der Waals surface area contributed by atoms with Gasteiger partial charge in [0.05, 0.1) is 0 Å². The van der Waals surface area contributed by atoms with Crippen LogP contribution in [0.1, 0.15) is 36.5 Å². The highest BCUT2D eigenvalue weighted by Gasteiger charge is 2.32. The summed E-state index contributed by atoms with van der Waals surface area (Å²) in [7, 11) is 0. The van der Waals surface area contributed by atoms with Crippen molar-refractivity contribution in [2.45, 2.75) is 44.7 Å². The molecule has 1 N–H and O–H groups in total. The first-order valence-electron chi connectivity index (χ1n) is 9.94. The number of benzene rings is 3. The number of ether oxygens (including phenoxy) is 1. The summed E-state index contributed by atoms with van der Waals surface area (Å²) in [6.45, 7) is 4.42. The van der Waals surface area contributed by atoms with Crippen molar-refractivity contribution < 1.29 is 9.13 Å². The molecule has 3 aromatic rings. The minimum atomic E-state index is -0.260. The highest BCUT2D eigenvalue weighted by atomic mass is 35.5. The molecule has 3 aromatic carbocycles. The number of halogens is 2. The van der Waals surface area contributed by atoms with Crippen molar-refractivity contribution in [2.24, 2.45) is 0 Å². The van der Waals surface area contributed by atoms with E-state index in [1.165, 1.54) is 28.8 Å². The molecule has 0 aromatic heterocycles. The summed E-state index contributed by atoms with van der Waals surface area (Å²) >= 11 is 0. The summed E-state index contributed by atoms with van der Waals surface area (Å²) in [5, 5.41) is 3.75. The Kier molecular flexibility index (Phi) is 6.94. The van der Waals surface area contributed by atoms with Crippen LogP contribution in [-0.2, 0) is 12.8 Å². The topological polar surface area (TPSA) is 21.3 Å². The quantitative estimate of drug-likeness (QED) is 0.514. The molecule has 0 aliphatic heterocycles. The maximum absolute atomic E-state index is 13.0. The first-order chi connectivity index (χ1) is 13.6. The molecule has 4 rings (SSSR count). The molecule has 2 unspecified atom stereocenters. The largest absolute Gasteiger partial charge is 0.457 e. The molecule has 4 heteroatoms. The maximum atomic E-state index is 13.0. The second kappa shape index (κ2) is 9.43. The van der Waals surface area contributed by atoms with Crippen LogP contribution in [0.25, 0.3) is 0 Å². The maximum Gasteiger partial charge on any atom is 0.127 e. The molecule has 152 valence electrons. The van der Waals surface area contributed by atoms with Gasteiger partial charge in [-0.05, 0) is 65.9 Å². The van der Waals surface area contributed by atoms with E-state index in [0.29, 0.717) is 23.8 Å². The van der Waals surface area contributed by atoms with Gasteiger partial charge in [0.25, 0.3) is 0 Å². The van der Waals surface area contributed by atoms with Crippen molar-refractivity contribution in [1.82, 2.24) is 5.32 Å². The molecule has 1 aliphatic carbocycles. The van der Waals surface area contributed by atoms with Gasteiger partial charge in [0.2, 0.25) is 0 Å². The average molecular weight is 412 g/mol. The van der Waals surface area contributed by atoms with Crippen LogP contribution in [0, 0.1) is 5.82 Å². The molecule has 29 heavy (non-hydrogen) atoms. The van der Waals surface area contributed by atoms with E-state index in [2.05, 4.69) is 55.6 Å². The summed E-state index contributed by atoms with van der Waals surface area (Å²) in [4.78, 5) is 0. The first kappa shape index (κ1) is 21.4. The van der Waals surface area contributed by atoms with Gasteiger partial charge in [0.15, 0.2) is 0 Å². The minimum absolute atomic E-state index is 0. The van der Waals surface area contributed by atoms with Gasteiger partial charge in [-0.15, -0.1) is 12.4 Å². The lowest BCUT2D eigenvalue weighted by atomic mass is 9.90. The fourth-order valence-electron chi connectivity index (χ4n) is 4.12. The summed E-state index contributed by atoms with van der Waals surface area (Å²) in [5.74, 6) is 1.62. The Balaban J connectivity index is 0.00000240. The van der Waals surface area contributed by atoms with Gasteiger partial charge in [-0.3, -0.25) is 0 Å². The van der Waals surface area contributed by atoms with Crippen LogP contribution in [0.4, 0.5) is 4.39 Å². The third-order valence-corrected chi connectivity index (χ3v) is 5.36. The van der Waals surface area contributed by atoms with Gasteiger partial charge >= 0.3 is 0 Å². The normalized spacial score (nSPS) is 17.7. The highest BCUT2D eigenvalue weighted by molar-refractivity contribution is 5.85. The number of fused-ring (bicyclic) bond motifs is 1. The molecule has 2 atom stereocenters. The second-order valence-corrected chi connectivity index (χ2v) is 7.84. The van der Waals surface area contributed by atoms with Gasteiger partial charge in [-0.1, -0.05) is 50.2 Å². The zero-order valence-electron chi connectivity index (χ0n) is 16.8. The fraction of sp³-hybridized carbons (Fsp3) is 0.280. The van der Waals surface area contributed by atoms with Crippen molar-refractivity contribution in [3.8, 4) is 11.5 Å². The Hall–Kier alpha value is -2.36. The van der Waals surface area contributed by atoms with Gasteiger partial charge in [0.1, 0.15) is 17.3 Å². The van der Waals surface area contributed by atoms with Crippen molar-refractivity contribution >= 4 is 12.4 Å². The van der Waals surface area contributed by atoms with Crippen LogP contribution in [0.5, 0.6) is 11.5 Å². The molecular weight excluding hydrogens is 385 g/mol. The summed E-state index contributed by atoms with van der Waals surface area (Å²) in [6, 6.07) is 24.1. The lowest BCUT2D eigenvalue weighted by Crippen LogP contribution is -2.38. The first-order valence-corrected chi connectivity index (χ1v) is 9.94. The molecule has 0 saturated heterocycles. The van der Waals surface area contributed by atoms with E-state index in [9.17, 15) is 4.39 Å². The third kappa shape index (κ3) is 5.17. The second-order valence-electron chi connectivity index (χ2n) is 7.84. The molecule has 0 bridgehead atoms. The van der Waals surface area contributed by atoms with Gasteiger partial charge in [0, 0.05) is 18.0 Å². The third-order valence-electron chi connectivity index (χ3n) is 5.36. The van der Waals surface area contributed by atoms with E-state index >= 15 is 0 Å². The van der Waals surface area contributed by atoms with Crippen molar-refractivity contribution in [3.63, 3.8) is 0 Å². The summed E-state index contributed by atoms with van der Waals surface area (Å²) in [6.07, 6.45) is 2.09. The Morgan fingerprint density at radius 3 is 2.21 bits per heavy atom. The SMILES string of the molecule is CC(C)NC1Cc2ccccc2C1Cc1ccc(Oc2ccc(F)cc2)cc1.Cl. The Morgan fingerprint density at radius 2 is 1.55 bits per heavy atom. The molecule has 0 fully saturated rings. The molecule has 0 spiro atoms. The van der Waals surface area contributed by atoms with Gasteiger partial charge in [-0.2, -0.15) is 0 Å². The molecule has 0 radical (unpaired) electrons. The van der Waals surface area contributed by atoms with Crippen LogP contribution in [0.3, 0.4) is 0 Å². The van der Waals surface area contributed by atoms with E-state index < -0.39 is 0 Å². The lowest BCUT2D eigenvalue weighted by molar-refractivity contribution is 0.418. The van der Waals surface area contributed by atoms with E-state index in [1.807, 2.05) is 12.1 Å². The van der Waals surface area contributed by atoms with Crippen LogP contribution >= 0.6 is 12.4 Å². The van der Waals surface area contributed by atoms with Crippen LogP contribution < -0.4 is 10.1 Å². The van der Waals surface area contributed by atoms with E-state index in [1.54, 1.807) is 12.1 Å². The zero-order valence-corrected chi connectivity index (χ0v) is 17.6. The molecule has 0 heterocycles. The van der Waals surface area contributed by atoms with E-state index in [0.717, 1.165) is 18.6 Å². The van der Waals surface area contributed by atoms with Crippen molar-refractivity contribution in [2.75, 3.05) is 0 Å². The summed E-state index contributed by atoms with van der Waals surface area (Å²) < 4.78 is 18.8. The number of hydrogen-bond donors (Lipinski definition) is 1. The van der Waals surface area contributed by atoms with Crippen LogP contribution in [0.2, 0.25) is 0 Å². The standard InChI is InChI=1S/C25H26FNO.ClH/c1-17(2)27-25-16-19-5-3-4-6-23(19)24(25)15-18-7-11-21(12-8-18)28-22-13-9-20(26)10-14-22;/h3-14,17,24-25,27H,15-16H2,1-2H3;1H. The Morgan fingerprint density at radius 1 is 0.931 bits per heavy atom. The number of nitrogens with one attached hydrogen (secondary N) is 1. The van der Waals surface area contributed by atoms with Crippen molar-refractivity contribution in [3.05, 3.63) is 95.3 Å². The Labute approximate surface area is 178 Å². The smallest absolute Gasteiger partial charge is 0.127 e. The Bertz CT molecular complexity index is 924. The molecule has 2 nitrogen and oxygen atoms in total. The predicted octanol–water partition coefficient (Wildman–Crippen LogP) is 6.29. The monoisotopic (exact) mass is 411 g/mol. The van der Waals surface area contributed by atoms with Gasteiger partial charge < -0.3 is 10.1 Å². The zero-order chi connectivity index (χ0) is 19.5. The highest BCUT2D eigenvalue weighted by Crippen LogP contribution is 2.36. The van der Waals surface area contributed by atoms with Crippen molar-refractivity contribution in [1.29, 1.82) is 0 Å². The average Bonchev–Trinajstić information content (AvgIpc) is 3.02. The number of rotatable bonds is 6. The fourth-order valence-corrected chi connectivity index (χ4v) is 4.12. The molecular formula is C25H27ClFNO. The lowest BCUT2D eigenvalue weighted by Gasteiger charge is -2.24. The summed E-state index contributed by atoms with van der Waals surface area (Å²) in [5.41, 5.74) is 4.22.